The molecule has 1 aromatic rings. The highest BCUT2D eigenvalue weighted by molar-refractivity contribution is 7.12. The number of carbonyl (C=O) groups excluding carboxylic acids is 1. The second-order valence-electron chi connectivity index (χ2n) is 5.66. The van der Waals surface area contributed by atoms with Crippen LogP contribution in [0.3, 0.4) is 0 Å². The number of hydrogen-bond acceptors (Lipinski definition) is 3. The largest absolute Gasteiger partial charge is 0.349 e. The highest BCUT2D eigenvalue weighted by Gasteiger charge is 2.13. The zero-order chi connectivity index (χ0) is 13.8. The number of hydrogen-bond donors (Lipinski definition) is 2. The fraction of sp³-hybridized carbons (Fsp3) is 0.643. The van der Waals surface area contributed by atoms with Gasteiger partial charge in [0, 0.05) is 28.3 Å². The van der Waals surface area contributed by atoms with Gasteiger partial charge in [0.1, 0.15) is 0 Å². The molecule has 3 nitrogen and oxygen atoms in total. The first kappa shape index (κ1) is 15.2. The molecule has 0 radical (unpaired) electrons. The number of carbonyl (C=O) groups is 1. The number of aryl methyl sites for hydroxylation is 1. The number of amides is 1. The molecule has 0 bridgehead atoms. The molecule has 4 heteroatoms. The van der Waals surface area contributed by atoms with Gasteiger partial charge < -0.3 is 10.6 Å². The second-order valence-corrected chi connectivity index (χ2v) is 6.98. The third-order valence-corrected chi connectivity index (χ3v) is 3.76. The standard InChI is InChI=1S/C14H24N2OS/c1-10-6-7-12(18-10)11(2)16-13(17)8-9-15-14(3,4)5/h6-7,11,15H,8-9H2,1-5H3,(H,16,17). The fourth-order valence-corrected chi connectivity index (χ4v) is 2.50. The molecule has 1 aromatic heterocycles. The molecule has 102 valence electrons. The SMILES string of the molecule is Cc1ccc(C(C)NC(=O)CCNC(C)(C)C)s1. The van der Waals surface area contributed by atoms with E-state index in [1.165, 1.54) is 9.75 Å². The monoisotopic (exact) mass is 268 g/mol. The van der Waals surface area contributed by atoms with Crippen molar-refractivity contribution in [3.05, 3.63) is 21.9 Å². The Balaban J connectivity index is 2.32. The van der Waals surface area contributed by atoms with E-state index in [2.05, 4.69) is 50.5 Å². The van der Waals surface area contributed by atoms with Crippen molar-refractivity contribution < 1.29 is 4.79 Å². The van der Waals surface area contributed by atoms with Crippen LogP contribution in [0.2, 0.25) is 0 Å². The highest BCUT2D eigenvalue weighted by Crippen LogP contribution is 2.22. The van der Waals surface area contributed by atoms with Gasteiger partial charge in [0.25, 0.3) is 0 Å². The second kappa shape index (κ2) is 6.34. The molecule has 2 N–H and O–H groups in total. The summed E-state index contributed by atoms with van der Waals surface area (Å²) in [5, 5.41) is 6.34. The summed E-state index contributed by atoms with van der Waals surface area (Å²) < 4.78 is 0. The number of thiophene rings is 1. The fourth-order valence-electron chi connectivity index (χ4n) is 1.62. The molecule has 0 fully saturated rings. The Kier molecular flexibility index (Phi) is 5.35. The van der Waals surface area contributed by atoms with E-state index >= 15 is 0 Å². The average Bonchev–Trinajstić information content (AvgIpc) is 2.62. The Hall–Kier alpha value is -0.870. The van der Waals surface area contributed by atoms with Crippen LogP contribution in [0.4, 0.5) is 0 Å². The third kappa shape index (κ3) is 5.65. The van der Waals surface area contributed by atoms with E-state index in [0.717, 1.165) is 0 Å². The smallest absolute Gasteiger partial charge is 0.221 e. The Labute approximate surface area is 114 Å². The van der Waals surface area contributed by atoms with Crippen molar-refractivity contribution >= 4 is 17.2 Å². The topological polar surface area (TPSA) is 41.1 Å². The van der Waals surface area contributed by atoms with E-state index in [1.807, 2.05) is 6.92 Å². The molecule has 0 saturated heterocycles. The zero-order valence-corrected chi connectivity index (χ0v) is 12.8. The van der Waals surface area contributed by atoms with E-state index in [4.69, 9.17) is 0 Å². The molecule has 0 aromatic carbocycles. The van der Waals surface area contributed by atoms with E-state index < -0.39 is 0 Å². The maximum Gasteiger partial charge on any atom is 0.221 e. The van der Waals surface area contributed by atoms with Crippen LogP contribution < -0.4 is 10.6 Å². The minimum Gasteiger partial charge on any atom is -0.349 e. The summed E-state index contributed by atoms with van der Waals surface area (Å²) >= 11 is 1.74. The van der Waals surface area contributed by atoms with Gasteiger partial charge in [0.05, 0.1) is 6.04 Å². The lowest BCUT2D eigenvalue weighted by Gasteiger charge is -2.20. The van der Waals surface area contributed by atoms with Crippen LogP contribution in [0.1, 0.15) is 49.9 Å². The summed E-state index contributed by atoms with van der Waals surface area (Å²) in [5.74, 6) is 0.102. The van der Waals surface area contributed by atoms with Gasteiger partial charge in [-0.15, -0.1) is 11.3 Å². The number of rotatable bonds is 5. The molecule has 1 amide bonds. The Morgan fingerprint density at radius 1 is 1.39 bits per heavy atom. The lowest BCUT2D eigenvalue weighted by Crippen LogP contribution is -2.38. The average molecular weight is 268 g/mol. The van der Waals surface area contributed by atoms with Gasteiger partial charge in [-0.3, -0.25) is 4.79 Å². The van der Waals surface area contributed by atoms with E-state index in [-0.39, 0.29) is 17.5 Å². The molecule has 1 heterocycles. The molecule has 0 aliphatic rings. The van der Waals surface area contributed by atoms with Crippen LogP contribution in [-0.2, 0) is 4.79 Å². The molecule has 1 rings (SSSR count). The first-order valence-electron chi connectivity index (χ1n) is 6.38. The molecule has 0 saturated carbocycles. The minimum absolute atomic E-state index is 0.0662. The summed E-state index contributed by atoms with van der Waals surface area (Å²) in [7, 11) is 0. The summed E-state index contributed by atoms with van der Waals surface area (Å²) in [4.78, 5) is 14.3. The van der Waals surface area contributed by atoms with Crippen LogP contribution in [-0.4, -0.2) is 18.0 Å². The van der Waals surface area contributed by atoms with Gasteiger partial charge in [-0.1, -0.05) is 0 Å². The van der Waals surface area contributed by atoms with Gasteiger partial charge in [-0.2, -0.15) is 0 Å². The molecule has 0 aliphatic carbocycles. The van der Waals surface area contributed by atoms with Crippen molar-refractivity contribution in [2.24, 2.45) is 0 Å². The first-order valence-corrected chi connectivity index (χ1v) is 7.20. The summed E-state index contributed by atoms with van der Waals surface area (Å²) in [6.45, 7) is 11.1. The van der Waals surface area contributed by atoms with Crippen molar-refractivity contribution in [3.8, 4) is 0 Å². The number of nitrogens with one attached hydrogen (secondary N) is 2. The molecular weight excluding hydrogens is 244 g/mol. The van der Waals surface area contributed by atoms with Crippen molar-refractivity contribution in [1.82, 2.24) is 10.6 Å². The van der Waals surface area contributed by atoms with Crippen LogP contribution in [0.5, 0.6) is 0 Å². The van der Waals surface area contributed by atoms with Crippen LogP contribution in [0, 0.1) is 6.92 Å². The highest BCUT2D eigenvalue weighted by atomic mass is 32.1. The summed E-state index contributed by atoms with van der Waals surface area (Å²) in [6, 6.07) is 4.27. The summed E-state index contributed by atoms with van der Waals surface area (Å²) in [6.07, 6.45) is 0.520. The molecule has 1 unspecified atom stereocenters. The van der Waals surface area contributed by atoms with Crippen LogP contribution in [0.15, 0.2) is 12.1 Å². The predicted molar refractivity (Wildman–Crippen MR) is 78.0 cm³/mol. The van der Waals surface area contributed by atoms with Crippen molar-refractivity contribution in [1.29, 1.82) is 0 Å². The van der Waals surface area contributed by atoms with Crippen molar-refractivity contribution in [3.63, 3.8) is 0 Å². The Morgan fingerprint density at radius 3 is 2.56 bits per heavy atom. The zero-order valence-electron chi connectivity index (χ0n) is 12.0. The first-order chi connectivity index (χ1) is 8.28. The Morgan fingerprint density at radius 2 is 2.06 bits per heavy atom. The minimum atomic E-state index is 0.0662. The molecular formula is C14H24N2OS. The Bertz CT molecular complexity index is 393. The van der Waals surface area contributed by atoms with E-state index in [9.17, 15) is 4.79 Å². The molecule has 18 heavy (non-hydrogen) atoms. The third-order valence-electron chi connectivity index (χ3n) is 2.57. The van der Waals surface area contributed by atoms with Gasteiger partial charge in [0.2, 0.25) is 5.91 Å². The van der Waals surface area contributed by atoms with E-state index in [1.54, 1.807) is 11.3 Å². The van der Waals surface area contributed by atoms with Crippen LogP contribution >= 0.6 is 11.3 Å². The van der Waals surface area contributed by atoms with Crippen molar-refractivity contribution in [2.45, 2.75) is 52.6 Å². The molecule has 0 aliphatic heterocycles. The lowest BCUT2D eigenvalue weighted by atomic mass is 10.1. The molecule has 1 atom stereocenters. The normalized spacial score (nSPS) is 13.4. The van der Waals surface area contributed by atoms with Crippen molar-refractivity contribution in [2.75, 3.05) is 6.54 Å². The molecule has 0 spiro atoms. The summed E-state index contributed by atoms with van der Waals surface area (Å²) in [5.41, 5.74) is 0.0662. The van der Waals surface area contributed by atoms with Gasteiger partial charge in [-0.05, 0) is 46.8 Å². The maximum atomic E-state index is 11.8. The van der Waals surface area contributed by atoms with E-state index in [0.29, 0.717) is 13.0 Å². The van der Waals surface area contributed by atoms with Crippen LogP contribution in [0.25, 0.3) is 0 Å². The van der Waals surface area contributed by atoms with Gasteiger partial charge in [0.15, 0.2) is 0 Å². The lowest BCUT2D eigenvalue weighted by molar-refractivity contribution is -0.121. The van der Waals surface area contributed by atoms with Gasteiger partial charge >= 0.3 is 0 Å². The quantitative estimate of drug-likeness (QED) is 0.862. The van der Waals surface area contributed by atoms with Gasteiger partial charge in [-0.25, -0.2) is 0 Å². The predicted octanol–water partition coefficient (Wildman–Crippen LogP) is 3.01. The maximum absolute atomic E-state index is 11.8.